The fourth-order valence-electron chi connectivity index (χ4n) is 2.20. The summed E-state index contributed by atoms with van der Waals surface area (Å²) in [7, 11) is 0. The van der Waals surface area contributed by atoms with Gasteiger partial charge in [0.05, 0.1) is 17.2 Å². The minimum absolute atomic E-state index is 0.0235. The summed E-state index contributed by atoms with van der Waals surface area (Å²) in [5.74, 6) is -1.64. The molecule has 1 aromatic rings. The Morgan fingerprint density at radius 3 is 2.43 bits per heavy atom. The van der Waals surface area contributed by atoms with Crippen LogP contribution in [0.3, 0.4) is 0 Å². The zero-order valence-corrected chi connectivity index (χ0v) is 13.1. The number of benzene rings is 1. The van der Waals surface area contributed by atoms with E-state index >= 15 is 0 Å². The van der Waals surface area contributed by atoms with E-state index in [-0.39, 0.29) is 29.3 Å². The number of carbonyl (C=O) groups excluding carboxylic acids is 1. The molecule has 0 fully saturated rings. The summed E-state index contributed by atoms with van der Waals surface area (Å²) in [6.45, 7) is 8.16. The third kappa shape index (κ3) is 5.19. The molecular formula is C16H24N2O3. The van der Waals surface area contributed by atoms with Gasteiger partial charge in [-0.15, -0.1) is 0 Å². The molecule has 1 amide bonds. The SMILES string of the molecule is Cc1ccc(NC(=O)C(CN)CC(C)(C)C)c(C(=O)O)c1. The van der Waals surface area contributed by atoms with Gasteiger partial charge < -0.3 is 16.2 Å². The minimum atomic E-state index is -1.06. The molecule has 0 heterocycles. The van der Waals surface area contributed by atoms with Crippen molar-refractivity contribution in [1.29, 1.82) is 0 Å². The van der Waals surface area contributed by atoms with Crippen molar-refractivity contribution in [2.45, 2.75) is 34.1 Å². The van der Waals surface area contributed by atoms with E-state index in [0.717, 1.165) is 5.56 Å². The Labute approximate surface area is 125 Å². The van der Waals surface area contributed by atoms with Gasteiger partial charge in [-0.05, 0) is 30.9 Å². The number of anilines is 1. The molecule has 0 saturated heterocycles. The largest absolute Gasteiger partial charge is 0.478 e. The van der Waals surface area contributed by atoms with Crippen molar-refractivity contribution < 1.29 is 14.7 Å². The smallest absolute Gasteiger partial charge is 0.337 e. The molecule has 1 unspecified atom stereocenters. The number of amides is 1. The molecule has 0 saturated carbocycles. The Morgan fingerprint density at radius 1 is 1.33 bits per heavy atom. The van der Waals surface area contributed by atoms with Crippen LogP contribution in [0.5, 0.6) is 0 Å². The summed E-state index contributed by atoms with van der Waals surface area (Å²) >= 11 is 0. The van der Waals surface area contributed by atoms with E-state index < -0.39 is 5.97 Å². The molecular weight excluding hydrogens is 268 g/mol. The maximum Gasteiger partial charge on any atom is 0.337 e. The standard InChI is InChI=1S/C16H24N2O3/c1-10-5-6-13(12(7-10)15(20)21)18-14(19)11(9-17)8-16(2,3)4/h5-7,11H,8-9,17H2,1-4H3,(H,18,19)(H,20,21). The summed E-state index contributed by atoms with van der Waals surface area (Å²) in [6.07, 6.45) is 0.642. The Kier molecular flexibility index (Phi) is 5.49. The predicted octanol–water partition coefficient (Wildman–Crippen LogP) is 2.64. The number of hydrogen-bond acceptors (Lipinski definition) is 3. The molecule has 0 aliphatic rings. The molecule has 5 nitrogen and oxygen atoms in total. The Bertz CT molecular complexity index is 533. The molecule has 0 radical (unpaired) electrons. The molecule has 0 aliphatic heterocycles. The first-order valence-electron chi connectivity index (χ1n) is 6.99. The van der Waals surface area contributed by atoms with Gasteiger partial charge in [0.15, 0.2) is 0 Å². The van der Waals surface area contributed by atoms with Gasteiger partial charge >= 0.3 is 5.97 Å². The number of carboxylic acids is 1. The monoisotopic (exact) mass is 292 g/mol. The van der Waals surface area contributed by atoms with E-state index in [1.807, 2.05) is 20.8 Å². The second kappa shape index (κ2) is 6.72. The van der Waals surface area contributed by atoms with Crippen LogP contribution in [-0.2, 0) is 4.79 Å². The Morgan fingerprint density at radius 2 is 1.95 bits per heavy atom. The maximum absolute atomic E-state index is 12.3. The van der Waals surface area contributed by atoms with E-state index in [1.165, 1.54) is 0 Å². The van der Waals surface area contributed by atoms with Gasteiger partial charge in [-0.2, -0.15) is 0 Å². The molecule has 1 aromatic carbocycles. The van der Waals surface area contributed by atoms with Crippen LogP contribution < -0.4 is 11.1 Å². The highest BCUT2D eigenvalue weighted by atomic mass is 16.4. The van der Waals surface area contributed by atoms with Gasteiger partial charge in [0.1, 0.15) is 0 Å². The fraction of sp³-hybridized carbons (Fsp3) is 0.500. The Hall–Kier alpha value is -1.88. The fourth-order valence-corrected chi connectivity index (χ4v) is 2.20. The first-order valence-corrected chi connectivity index (χ1v) is 6.99. The van der Waals surface area contributed by atoms with Crippen LogP contribution >= 0.6 is 0 Å². The van der Waals surface area contributed by atoms with Crippen LogP contribution in [-0.4, -0.2) is 23.5 Å². The van der Waals surface area contributed by atoms with Crippen molar-refractivity contribution in [3.63, 3.8) is 0 Å². The van der Waals surface area contributed by atoms with Crippen molar-refractivity contribution in [2.24, 2.45) is 17.1 Å². The number of nitrogens with one attached hydrogen (secondary N) is 1. The molecule has 116 valence electrons. The average Bonchev–Trinajstić information content (AvgIpc) is 2.36. The van der Waals surface area contributed by atoms with Gasteiger partial charge in [0, 0.05) is 6.54 Å². The van der Waals surface area contributed by atoms with E-state index in [1.54, 1.807) is 25.1 Å². The lowest BCUT2D eigenvalue weighted by molar-refractivity contribution is -0.120. The first kappa shape index (κ1) is 17.2. The first-order chi connectivity index (χ1) is 9.64. The quantitative estimate of drug-likeness (QED) is 0.778. The number of aromatic carboxylic acids is 1. The highest BCUT2D eigenvalue weighted by Gasteiger charge is 2.24. The number of rotatable bonds is 5. The van der Waals surface area contributed by atoms with Crippen molar-refractivity contribution in [2.75, 3.05) is 11.9 Å². The summed E-state index contributed by atoms with van der Waals surface area (Å²) in [6, 6.07) is 4.92. The number of nitrogens with two attached hydrogens (primary N) is 1. The van der Waals surface area contributed by atoms with Gasteiger partial charge in [0.25, 0.3) is 0 Å². The third-order valence-corrected chi connectivity index (χ3v) is 3.18. The molecule has 4 N–H and O–H groups in total. The molecule has 1 atom stereocenters. The Balaban J connectivity index is 2.94. The number of carbonyl (C=O) groups is 2. The zero-order valence-electron chi connectivity index (χ0n) is 13.1. The van der Waals surface area contributed by atoms with Crippen LogP contribution in [0.25, 0.3) is 0 Å². The van der Waals surface area contributed by atoms with Crippen molar-refractivity contribution >= 4 is 17.6 Å². The van der Waals surface area contributed by atoms with E-state index in [0.29, 0.717) is 12.1 Å². The summed E-state index contributed by atoms with van der Waals surface area (Å²) < 4.78 is 0. The zero-order chi connectivity index (χ0) is 16.2. The van der Waals surface area contributed by atoms with Crippen LogP contribution in [0.15, 0.2) is 18.2 Å². The number of hydrogen-bond donors (Lipinski definition) is 3. The minimum Gasteiger partial charge on any atom is -0.478 e. The normalized spacial score (nSPS) is 12.8. The summed E-state index contributed by atoms with van der Waals surface area (Å²) in [4.78, 5) is 23.5. The summed E-state index contributed by atoms with van der Waals surface area (Å²) in [5, 5.41) is 11.9. The molecule has 0 aliphatic carbocycles. The van der Waals surface area contributed by atoms with E-state index in [2.05, 4.69) is 5.32 Å². The van der Waals surface area contributed by atoms with Gasteiger partial charge in [0.2, 0.25) is 5.91 Å². The lowest BCUT2D eigenvalue weighted by Crippen LogP contribution is -2.32. The second-order valence-electron chi connectivity index (χ2n) is 6.54. The molecule has 1 rings (SSSR count). The van der Waals surface area contributed by atoms with Gasteiger partial charge in [-0.25, -0.2) is 4.79 Å². The second-order valence-corrected chi connectivity index (χ2v) is 6.54. The topological polar surface area (TPSA) is 92.4 Å². The third-order valence-electron chi connectivity index (χ3n) is 3.18. The molecule has 0 aromatic heterocycles. The average molecular weight is 292 g/mol. The number of aryl methyl sites for hydroxylation is 1. The highest BCUT2D eigenvalue weighted by Crippen LogP contribution is 2.25. The van der Waals surface area contributed by atoms with Crippen molar-refractivity contribution in [3.8, 4) is 0 Å². The number of carboxylic acid groups (broad SMARTS) is 1. The lowest BCUT2D eigenvalue weighted by Gasteiger charge is -2.24. The van der Waals surface area contributed by atoms with Crippen LogP contribution in [0.1, 0.15) is 43.1 Å². The maximum atomic E-state index is 12.3. The lowest BCUT2D eigenvalue weighted by atomic mass is 9.84. The molecule has 21 heavy (non-hydrogen) atoms. The van der Waals surface area contributed by atoms with Crippen molar-refractivity contribution in [3.05, 3.63) is 29.3 Å². The van der Waals surface area contributed by atoms with Crippen LogP contribution in [0, 0.1) is 18.3 Å². The van der Waals surface area contributed by atoms with Crippen molar-refractivity contribution in [1.82, 2.24) is 0 Å². The van der Waals surface area contributed by atoms with Crippen LogP contribution in [0.2, 0.25) is 0 Å². The van der Waals surface area contributed by atoms with Crippen LogP contribution in [0.4, 0.5) is 5.69 Å². The predicted molar refractivity (Wildman–Crippen MR) is 83.4 cm³/mol. The van der Waals surface area contributed by atoms with Gasteiger partial charge in [-0.1, -0.05) is 32.4 Å². The van der Waals surface area contributed by atoms with Gasteiger partial charge in [-0.3, -0.25) is 4.79 Å². The van der Waals surface area contributed by atoms with E-state index in [9.17, 15) is 14.7 Å². The molecule has 0 spiro atoms. The summed E-state index contributed by atoms with van der Waals surface area (Å²) in [5.41, 5.74) is 6.89. The highest BCUT2D eigenvalue weighted by molar-refractivity contribution is 6.01. The van der Waals surface area contributed by atoms with E-state index in [4.69, 9.17) is 5.73 Å². The molecule has 0 bridgehead atoms. The molecule has 5 heteroatoms.